The molecule has 2 rings (SSSR count). The Morgan fingerprint density at radius 2 is 1.43 bits per heavy atom. The lowest BCUT2D eigenvalue weighted by Crippen LogP contribution is -2.41. The van der Waals surface area contributed by atoms with Gasteiger partial charge in [0.05, 0.1) is 12.1 Å². The summed E-state index contributed by atoms with van der Waals surface area (Å²) in [4.78, 5) is 36.2. The number of benzene rings is 2. The Kier molecular flexibility index (Phi) is 11.7. The van der Waals surface area contributed by atoms with E-state index < -0.39 is 54.2 Å². The highest BCUT2D eigenvalue weighted by atomic mass is 35.5. The molecular weight excluding hydrogens is 549 g/mol. The van der Waals surface area contributed by atoms with E-state index in [0.29, 0.717) is 6.08 Å². The molecule has 0 radical (unpaired) electrons. The fraction of sp³-hybridized carbons (Fsp3) is 0.292. The van der Waals surface area contributed by atoms with E-state index in [0.717, 1.165) is 30.3 Å². The van der Waals surface area contributed by atoms with Crippen molar-refractivity contribution in [3.05, 3.63) is 74.8 Å². The van der Waals surface area contributed by atoms with Gasteiger partial charge in [-0.05, 0) is 54.5 Å². The van der Waals surface area contributed by atoms with Crippen molar-refractivity contribution in [1.29, 1.82) is 0 Å². The largest absolute Gasteiger partial charge is 0.417 e. The number of carbonyl (C=O) groups is 3. The molecule has 2 N–H and O–H groups in total. The first kappa shape index (κ1) is 32.0. The number of hydrogen-bond acceptors (Lipinski definition) is 3. The van der Waals surface area contributed by atoms with Gasteiger partial charge in [-0.3, -0.25) is 14.4 Å². The number of allylic oxidation sites excluding steroid dienone is 2. The summed E-state index contributed by atoms with van der Waals surface area (Å²) in [6.45, 7) is 3.09. The molecule has 0 atom stereocenters. The van der Waals surface area contributed by atoms with Gasteiger partial charge < -0.3 is 10.6 Å². The molecule has 0 aliphatic carbocycles. The number of rotatable bonds is 7. The van der Waals surface area contributed by atoms with Crippen molar-refractivity contribution in [3.63, 3.8) is 0 Å². The normalized spacial score (nSPS) is 11.8. The maximum absolute atomic E-state index is 13.6. The number of amides is 2. The number of aryl methyl sites for hydroxylation is 1. The van der Waals surface area contributed by atoms with Crippen LogP contribution in [0.1, 0.15) is 45.7 Å². The third-order valence-electron chi connectivity index (χ3n) is 4.41. The minimum atomic E-state index is -4.91. The standard InChI is InChI=1S/C22H16Cl2F6N2O3.C2H6/c1-11-4-12(2-3-16(11)20(35)31-9-19(34)32-10-21(25,26)27)18(33)8-17(22(28,29)30)13-5-14(23)7-15(24)6-13;1-2/h2-8H,9-10H2,1H3,(H,31,35)(H,32,34);1-2H3/b17-8+;. The van der Waals surface area contributed by atoms with Gasteiger partial charge in [-0.15, -0.1) is 0 Å². The summed E-state index contributed by atoms with van der Waals surface area (Å²) in [5, 5.41) is 3.58. The summed E-state index contributed by atoms with van der Waals surface area (Å²) < 4.78 is 77.1. The lowest BCUT2D eigenvalue weighted by atomic mass is 9.98. The monoisotopic (exact) mass is 570 g/mol. The smallest absolute Gasteiger partial charge is 0.345 e. The number of nitrogens with one attached hydrogen (secondary N) is 2. The highest BCUT2D eigenvalue weighted by molar-refractivity contribution is 6.35. The van der Waals surface area contributed by atoms with E-state index >= 15 is 0 Å². The zero-order valence-corrected chi connectivity index (χ0v) is 21.2. The van der Waals surface area contributed by atoms with Crippen molar-refractivity contribution in [2.75, 3.05) is 13.1 Å². The second kappa shape index (κ2) is 13.5. The molecule has 0 spiro atoms. The number of ketones is 1. The average molecular weight is 571 g/mol. The van der Waals surface area contributed by atoms with Gasteiger partial charge in [-0.25, -0.2) is 0 Å². The lowest BCUT2D eigenvalue weighted by molar-refractivity contribution is -0.137. The first-order valence-electron chi connectivity index (χ1n) is 10.6. The Morgan fingerprint density at radius 1 is 0.865 bits per heavy atom. The molecule has 0 aliphatic rings. The van der Waals surface area contributed by atoms with E-state index in [9.17, 15) is 40.7 Å². The molecule has 202 valence electrons. The first-order chi connectivity index (χ1) is 17.1. The molecule has 2 aromatic carbocycles. The summed E-state index contributed by atoms with van der Waals surface area (Å²) in [7, 11) is 0. The van der Waals surface area contributed by atoms with E-state index in [1.54, 1.807) is 5.32 Å². The zero-order chi connectivity index (χ0) is 28.6. The second-order valence-electron chi connectivity index (χ2n) is 7.18. The molecule has 2 aromatic rings. The van der Waals surface area contributed by atoms with Gasteiger partial charge >= 0.3 is 12.4 Å². The van der Waals surface area contributed by atoms with Crippen LogP contribution in [0, 0.1) is 6.92 Å². The van der Waals surface area contributed by atoms with Crippen LogP contribution in [0.3, 0.4) is 0 Å². The Bertz CT molecular complexity index is 1160. The van der Waals surface area contributed by atoms with Gasteiger partial charge in [0.15, 0.2) is 5.78 Å². The van der Waals surface area contributed by atoms with Gasteiger partial charge in [0.2, 0.25) is 5.91 Å². The Labute approximate surface area is 218 Å². The van der Waals surface area contributed by atoms with Crippen molar-refractivity contribution in [1.82, 2.24) is 10.6 Å². The van der Waals surface area contributed by atoms with Crippen molar-refractivity contribution in [2.24, 2.45) is 0 Å². The number of halogens is 8. The molecule has 0 unspecified atom stereocenters. The molecule has 0 fully saturated rings. The van der Waals surface area contributed by atoms with Crippen molar-refractivity contribution in [3.8, 4) is 0 Å². The zero-order valence-electron chi connectivity index (χ0n) is 19.7. The van der Waals surface area contributed by atoms with E-state index in [1.165, 1.54) is 13.0 Å². The van der Waals surface area contributed by atoms with Crippen LogP contribution in [0.2, 0.25) is 10.0 Å². The van der Waals surface area contributed by atoms with Crippen LogP contribution >= 0.6 is 23.2 Å². The lowest BCUT2D eigenvalue weighted by Gasteiger charge is -2.13. The minimum Gasteiger partial charge on any atom is -0.345 e. The molecule has 13 heteroatoms. The fourth-order valence-corrected chi connectivity index (χ4v) is 3.37. The molecule has 0 aromatic heterocycles. The Morgan fingerprint density at radius 3 is 1.92 bits per heavy atom. The summed E-state index contributed by atoms with van der Waals surface area (Å²) >= 11 is 11.5. The number of hydrogen-bond donors (Lipinski definition) is 2. The molecule has 0 saturated heterocycles. The van der Waals surface area contributed by atoms with E-state index in [2.05, 4.69) is 5.32 Å². The van der Waals surface area contributed by atoms with E-state index in [4.69, 9.17) is 23.2 Å². The van der Waals surface area contributed by atoms with Crippen molar-refractivity contribution >= 4 is 46.4 Å². The van der Waals surface area contributed by atoms with E-state index in [-0.39, 0.29) is 26.7 Å². The predicted octanol–water partition coefficient (Wildman–Crippen LogP) is 6.56. The van der Waals surface area contributed by atoms with Gasteiger partial charge in [0.1, 0.15) is 6.54 Å². The molecule has 0 bridgehead atoms. The summed E-state index contributed by atoms with van der Waals surface area (Å²) in [6.07, 6.45) is -9.15. The van der Waals surface area contributed by atoms with Crippen LogP contribution in [0.5, 0.6) is 0 Å². The third kappa shape index (κ3) is 10.5. The van der Waals surface area contributed by atoms with Crippen LogP contribution in [0.15, 0.2) is 42.5 Å². The fourth-order valence-electron chi connectivity index (χ4n) is 2.84. The molecule has 5 nitrogen and oxygen atoms in total. The van der Waals surface area contributed by atoms with Crippen LogP contribution in [0.25, 0.3) is 5.57 Å². The first-order valence-corrected chi connectivity index (χ1v) is 11.3. The highest BCUT2D eigenvalue weighted by Gasteiger charge is 2.36. The number of carbonyl (C=O) groups excluding carboxylic acids is 3. The van der Waals surface area contributed by atoms with Gasteiger partial charge in [-0.2, -0.15) is 26.3 Å². The average Bonchev–Trinajstić information content (AvgIpc) is 2.78. The number of alkyl halides is 6. The highest BCUT2D eigenvalue weighted by Crippen LogP contribution is 2.36. The van der Waals surface area contributed by atoms with Crippen LogP contribution in [0.4, 0.5) is 26.3 Å². The van der Waals surface area contributed by atoms with Crippen LogP contribution < -0.4 is 10.6 Å². The van der Waals surface area contributed by atoms with E-state index in [1.807, 2.05) is 13.8 Å². The molecule has 0 heterocycles. The van der Waals surface area contributed by atoms with Crippen LogP contribution in [-0.4, -0.2) is 43.0 Å². The SMILES string of the molecule is CC.Cc1cc(C(=O)/C=C(\c2cc(Cl)cc(Cl)c2)C(F)(F)F)ccc1C(=O)NCC(=O)NCC(F)(F)F. The minimum absolute atomic E-state index is 0.0354. The van der Waals surface area contributed by atoms with Gasteiger partial charge in [-0.1, -0.05) is 43.1 Å². The molecule has 0 aliphatic heterocycles. The van der Waals surface area contributed by atoms with Crippen molar-refractivity contribution in [2.45, 2.75) is 33.1 Å². The Hall–Kier alpha value is -3.05. The van der Waals surface area contributed by atoms with Crippen molar-refractivity contribution < 1.29 is 40.7 Å². The summed E-state index contributed by atoms with van der Waals surface area (Å²) in [6, 6.07) is 6.64. The van der Waals surface area contributed by atoms with Crippen LogP contribution in [-0.2, 0) is 4.79 Å². The predicted molar refractivity (Wildman–Crippen MR) is 129 cm³/mol. The maximum atomic E-state index is 13.6. The molecule has 37 heavy (non-hydrogen) atoms. The Balaban J connectivity index is 0.00000334. The molecule has 2 amide bonds. The quantitative estimate of drug-likeness (QED) is 0.225. The summed E-state index contributed by atoms with van der Waals surface area (Å²) in [5.74, 6) is -2.93. The molecule has 0 saturated carbocycles. The molecular formula is C24H22Cl2F6N2O3. The maximum Gasteiger partial charge on any atom is 0.417 e. The van der Waals surface area contributed by atoms with Gasteiger partial charge in [0.25, 0.3) is 5.91 Å². The topological polar surface area (TPSA) is 75.3 Å². The third-order valence-corrected chi connectivity index (χ3v) is 4.84. The summed E-state index contributed by atoms with van der Waals surface area (Å²) in [5.41, 5.74) is -1.73. The second-order valence-corrected chi connectivity index (χ2v) is 8.06. The van der Waals surface area contributed by atoms with Gasteiger partial charge in [0, 0.05) is 21.2 Å².